The molecule has 0 fully saturated rings. The predicted molar refractivity (Wildman–Crippen MR) is 106 cm³/mol. The minimum absolute atomic E-state index is 0.198. The van der Waals surface area contributed by atoms with Crippen LogP contribution in [0, 0.1) is 0 Å². The van der Waals surface area contributed by atoms with Gasteiger partial charge in [-0.25, -0.2) is 0 Å². The minimum Gasteiger partial charge on any atom is -0.519 e. The molecule has 0 aliphatic carbocycles. The van der Waals surface area contributed by atoms with Crippen LogP contribution in [0.3, 0.4) is 0 Å². The summed E-state index contributed by atoms with van der Waals surface area (Å²) in [5.41, 5.74) is -0.862. The van der Waals surface area contributed by atoms with Gasteiger partial charge < -0.3 is 18.0 Å². The van der Waals surface area contributed by atoms with Crippen LogP contribution in [0.5, 0.6) is 0 Å². The summed E-state index contributed by atoms with van der Waals surface area (Å²) in [6.45, 7) is 11.7. The van der Waals surface area contributed by atoms with Gasteiger partial charge in [0.05, 0.1) is 12.5 Å². The Morgan fingerprint density at radius 2 is 1.80 bits per heavy atom. The summed E-state index contributed by atoms with van der Waals surface area (Å²) in [6.07, 6.45) is 1.96. The molecule has 0 saturated heterocycles. The first-order valence-electron chi connectivity index (χ1n) is 8.41. The molecule has 0 N–H and O–H groups in total. The third-order valence-electron chi connectivity index (χ3n) is 3.04. The van der Waals surface area contributed by atoms with E-state index in [2.05, 4.69) is 0 Å². The highest BCUT2D eigenvalue weighted by Crippen LogP contribution is 2.55. The number of rotatable bonds is 9. The fourth-order valence-corrected chi connectivity index (χ4v) is 9.53. The summed E-state index contributed by atoms with van der Waals surface area (Å²) in [5, 5.41) is 0. The lowest BCUT2D eigenvalue weighted by Gasteiger charge is -2.34. The molecular formula is C16H32NO5PSi2. The maximum atomic E-state index is 13.8. The molecule has 0 aromatic carbocycles. The van der Waals surface area contributed by atoms with Crippen molar-refractivity contribution in [3.8, 4) is 0 Å². The second-order valence-corrected chi connectivity index (χ2v) is 20.2. The predicted octanol–water partition coefficient (Wildman–Crippen LogP) is 4.22. The first kappa shape index (κ1) is 22.4. The Bertz CT molecular complexity index is 605. The third kappa shape index (κ3) is 8.04. The molecule has 6 nitrogen and oxygen atoms in total. The van der Waals surface area contributed by atoms with Gasteiger partial charge in [0.2, 0.25) is 15.7 Å². The molecule has 1 aromatic rings. The molecule has 2 unspecified atom stereocenters. The molecule has 9 heteroatoms. The van der Waals surface area contributed by atoms with Crippen molar-refractivity contribution in [2.24, 2.45) is 0 Å². The highest BCUT2D eigenvalue weighted by atomic mass is 31.2. The van der Waals surface area contributed by atoms with Crippen molar-refractivity contribution in [2.45, 2.75) is 51.4 Å². The molecule has 1 aromatic heterocycles. The van der Waals surface area contributed by atoms with Crippen LogP contribution < -0.4 is 0 Å². The number of hydrogen-bond acceptors (Lipinski definition) is 6. The van der Waals surface area contributed by atoms with Crippen LogP contribution >= 0.6 is 7.37 Å². The van der Waals surface area contributed by atoms with Crippen molar-refractivity contribution < 1.29 is 22.4 Å². The Morgan fingerprint density at radius 1 is 1.20 bits per heavy atom. The van der Waals surface area contributed by atoms with E-state index >= 15 is 0 Å². The fourth-order valence-electron chi connectivity index (χ4n) is 2.42. The van der Waals surface area contributed by atoms with Crippen molar-refractivity contribution >= 4 is 30.0 Å². The van der Waals surface area contributed by atoms with Crippen molar-refractivity contribution in [1.82, 2.24) is 4.90 Å². The number of hydrogen-bond donors (Lipinski definition) is 0. The van der Waals surface area contributed by atoms with Gasteiger partial charge in [-0.15, -0.1) is 0 Å². The highest BCUT2D eigenvalue weighted by Gasteiger charge is 2.45. The van der Waals surface area contributed by atoms with E-state index in [1.165, 1.54) is 0 Å². The Morgan fingerprint density at radius 3 is 2.20 bits per heavy atom. The van der Waals surface area contributed by atoms with Crippen LogP contribution in [-0.2, 0) is 24.4 Å². The SMILES string of the molecule is CN(C)CP(=O)(O[Si](C)(C)C)C(Cc1ccco1)C(=O)O[Si](C)(C)C. The molecule has 0 aliphatic heterocycles. The summed E-state index contributed by atoms with van der Waals surface area (Å²) >= 11 is 0. The summed E-state index contributed by atoms with van der Waals surface area (Å²) in [6, 6.07) is 3.54. The highest BCUT2D eigenvalue weighted by molar-refractivity contribution is 7.62. The first-order chi connectivity index (χ1) is 11.2. The fraction of sp³-hybridized carbons (Fsp3) is 0.688. The quantitative estimate of drug-likeness (QED) is 0.453. The number of nitrogens with zero attached hydrogens (tertiary/aromatic N) is 1. The third-order valence-corrected chi connectivity index (χ3v) is 9.58. The van der Waals surface area contributed by atoms with Gasteiger partial charge >= 0.3 is 5.97 Å². The minimum atomic E-state index is -3.32. The van der Waals surface area contributed by atoms with Gasteiger partial charge in [-0.05, 0) is 65.5 Å². The summed E-state index contributed by atoms with van der Waals surface area (Å²) in [5.74, 6) is 0.162. The Balaban J connectivity index is 3.26. The van der Waals surface area contributed by atoms with E-state index in [4.69, 9.17) is 13.1 Å². The lowest BCUT2D eigenvalue weighted by atomic mass is 10.2. The van der Waals surface area contributed by atoms with Crippen LogP contribution in [0.1, 0.15) is 5.76 Å². The van der Waals surface area contributed by atoms with Gasteiger partial charge in [0.1, 0.15) is 11.4 Å². The van der Waals surface area contributed by atoms with E-state index in [0.717, 1.165) is 0 Å². The molecule has 0 spiro atoms. The summed E-state index contributed by atoms with van der Waals surface area (Å²) < 4.78 is 31.0. The Labute approximate surface area is 153 Å². The van der Waals surface area contributed by atoms with Crippen LogP contribution in [0.2, 0.25) is 39.3 Å². The smallest absolute Gasteiger partial charge is 0.305 e. The normalized spacial score (nSPS) is 16.5. The van der Waals surface area contributed by atoms with Crippen LogP contribution in [0.4, 0.5) is 0 Å². The number of carbonyl (C=O) groups is 1. The van der Waals surface area contributed by atoms with E-state index in [1.54, 1.807) is 23.3 Å². The number of carbonyl (C=O) groups excluding carboxylic acids is 1. The Kier molecular flexibility index (Phi) is 7.47. The summed E-state index contributed by atoms with van der Waals surface area (Å²) in [4.78, 5) is 14.7. The topological polar surface area (TPSA) is 69.0 Å². The van der Waals surface area contributed by atoms with E-state index in [-0.39, 0.29) is 12.7 Å². The maximum Gasteiger partial charge on any atom is 0.305 e. The van der Waals surface area contributed by atoms with Crippen molar-refractivity contribution in [3.05, 3.63) is 24.2 Å². The van der Waals surface area contributed by atoms with Crippen molar-refractivity contribution in [1.29, 1.82) is 0 Å². The van der Waals surface area contributed by atoms with E-state index in [1.807, 2.05) is 53.4 Å². The van der Waals surface area contributed by atoms with Gasteiger partial charge in [0, 0.05) is 6.42 Å². The molecule has 1 heterocycles. The van der Waals surface area contributed by atoms with Crippen molar-refractivity contribution in [3.63, 3.8) is 0 Å². The van der Waals surface area contributed by atoms with Gasteiger partial charge in [-0.3, -0.25) is 9.36 Å². The van der Waals surface area contributed by atoms with Crippen molar-refractivity contribution in [2.75, 3.05) is 20.4 Å². The molecule has 1 rings (SSSR count). The largest absolute Gasteiger partial charge is 0.519 e. The van der Waals surface area contributed by atoms with E-state index < -0.39 is 35.6 Å². The first-order valence-corrected chi connectivity index (χ1v) is 17.1. The molecule has 0 bridgehead atoms. The molecule has 0 saturated carbocycles. The molecular weight excluding hydrogens is 373 g/mol. The molecule has 0 amide bonds. The second-order valence-electron chi connectivity index (χ2n) is 8.48. The van der Waals surface area contributed by atoms with Gasteiger partial charge in [0.15, 0.2) is 8.32 Å². The molecule has 0 aliphatic rings. The van der Waals surface area contributed by atoms with Gasteiger partial charge in [-0.2, -0.15) is 0 Å². The molecule has 144 valence electrons. The van der Waals surface area contributed by atoms with Crippen LogP contribution in [0.15, 0.2) is 22.8 Å². The average Bonchev–Trinajstić information content (AvgIpc) is 2.82. The summed E-state index contributed by atoms with van der Waals surface area (Å²) in [7, 11) is -3.93. The zero-order valence-corrected chi connectivity index (χ0v) is 19.6. The average molecular weight is 406 g/mol. The zero-order valence-electron chi connectivity index (χ0n) is 16.7. The van der Waals surface area contributed by atoms with Crippen LogP contribution in [0.25, 0.3) is 0 Å². The Hall–Kier alpha value is -0.666. The van der Waals surface area contributed by atoms with E-state index in [9.17, 15) is 9.36 Å². The number of furan rings is 1. The molecule has 25 heavy (non-hydrogen) atoms. The lowest BCUT2D eigenvalue weighted by molar-refractivity contribution is -0.134. The van der Waals surface area contributed by atoms with Gasteiger partial charge in [-0.1, -0.05) is 0 Å². The zero-order chi connectivity index (χ0) is 19.5. The molecule has 2 atom stereocenters. The standard InChI is InChI=1S/C16H32NO5PSi2/c1-17(2)13-23(19,22-25(6,7)8)15(12-14-10-9-11-20-14)16(18)21-24(3,4)5/h9-11,15H,12-13H2,1-8H3. The lowest BCUT2D eigenvalue weighted by Crippen LogP contribution is -2.40. The monoisotopic (exact) mass is 405 g/mol. The van der Waals surface area contributed by atoms with Gasteiger partial charge in [0.25, 0.3) is 0 Å². The maximum absolute atomic E-state index is 13.8. The molecule has 0 radical (unpaired) electrons. The van der Waals surface area contributed by atoms with Crippen LogP contribution in [-0.4, -0.2) is 53.5 Å². The second kappa shape index (κ2) is 8.35. The van der Waals surface area contributed by atoms with E-state index in [0.29, 0.717) is 5.76 Å².